The first-order valence-corrected chi connectivity index (χ1v) is 7.48. The normalized spacial score (nSPS) is 11.2. The van der Waals surface area contributed by atoms with Gasteiger partial charge in [-0.3, -0.25) is 4.72 Å². The zero-order valence-corrected chi connectivity index (χ0v) is 11.1. The van der Waals surface area contributed by atoms with Crippen LogP contribution in [0.3, 0.4) is 0 Å². The molecule has 0 spiro atoms. The second kappa shape index (κ2) is 5.86. The summed E-state index contributed by atoms with van der Waals surface area (Å²) >= 11 is 0. The van der Waals surface area contributed by atoms with Crippen LogP contribution < -0.4 is 4.72 Å². The molecule has 0 aromatic heterocycles. The number of benzene rings is 2. The topological polar surface area (TPSA) is 66.4 Å². The van der Waals surface area contributed by atoms with Crippen LogP contribution in [0.1, 0.15) is 11.1 Å². The zero-order valence-electron chi connectivity index (χ0n) is 10.3. The fraction of sp³-hybridized carbons (Fsp3) is 0.143. The van der Waals surface area contributed by atoms with E-state index in [1.54, 1.807) is 48.5 Å². The van der Waals surface area contributed by atoms with Gasteiger partial charge in [-0.05, 0) is 23.3 Å². The highest BCUT2D eigenvalue weighted by Crippen LogP contribution is 2.14. The van der Waals surface area contributed by atoms with Gasteiger partial charge < -0.3 is 5.11 Å². The first-order chi connectivity index (χ1) is 9.09. The number of nitrogens with one attached hydrogen (secondary N) is 1. The van der Waals surface area contributed by atoms with Crippen LogP contribution in [-0.2, 0) is 22.4 Å². The van der Waals surface area contributed by atoms with E-state index in [9.17, 15) is 8.42 Å². The van der Waals surface area contributed by atoms with Gasteiger partial charge in [-0.15, -0.1) is 0 Å². The number of anilines is 1. The van der Waals surface area contributed by atoms with Crippen molar-refractivity contribution in [2.45, 2.75) is 12.4 Å². The molecule has 0 aliphatic heterocycles. The van der Waals surface area contributed by atoms with Crippen molar-refractivity contribution in [1.82, 2.24) is 0 Å². The largest absolute Gasteiger partial charge is 0.392 e. The SMILES string of the molecule is O=S(=O)(Cc1ccccc1)Nc1cccc(CO)c1. The highest BCUT2D eigenvalue weighted by atomic mass is 32.2. The molecule has 0 bridgehead atoms. The average molecular weight is 277 g/mol. The van der Waals surface area contributed by atoms with Crippen molar-refractivity contribution in [3.63, 3.8) is 0 Å². The molecule has 0 unspecified atom stereocenters. The Hall–Kier alpha value is -1.85. The molecule has 0 saturated carbocycles. The Morgan fingerprint density at radius 3 is 2.32 bits per heavy atom. The highest BCUT2D eigenvalue weighted by Gasteiger charge is 2.11. The van der Waals surface area contributed by atoms with Crippen LogP contribution in [-0.4, -0.2) is 13.5 Å². The molecule has 2 aromatic rings. The van der Waals surface area contributed by atoms with E-state index in [4.69, 9.17) is 5.11 Å². The number of aliphatic hydroxyl groups excluding tert-OH is 1. The third-order valence-corrected chi connectivity index (χ3v) is 3.84. The van der Waals surface area contributed by atoms with Crippen molar-refractivity contribution in [2.24, 2.45) is 0 Å². The molecular weight excluding hydrogens is 262 g/mol. The summed E-state index contributed by atoms with van der Waals surface area (Å²) in [5.74, 6) is -0.0722. The molecule has 2 aromatic carbocycles. The summed E-state index contributed by atoms with van der Waals surface area (Å²) in [5.41, 5.74) is 1.86. The maximum Gasteiger partial charge on any atom is 0.236 e. The number of aliphatic hydroxyl groups is 1. The van der Waals surface area contributed by atoms with E-state index in [-0.39, 0.29) is 12.4 Å². The van der Waals surface area contributed by atoms with Crippen molar-refractivity contribution in [1.29, 1.82) is 0 Å². The summed E-state index contributed by atoms with van der Waals surface area (Å²) in [6, 6.07) is 15.7. The highest BCUT2D eigenvalue weighted by molar-refractivity contribution is 7.91. The lowest BCUT2D eigenvalue weighted by atomic mass is 10.2. The molecule has 0 aliphatic carbocycles. The van der Waals surface area contributed by atoms with Gasteiger partial charge in [0.2, 0.25) is 10.0 Å². The first kappa shape index (κ1) is 13.6. The Morgan fingerprint density at radius 1 is 0.947 bits per heavy atom. The number of hydrogen-bond donors (Lipinski definition) is 2. The van der Waals surface area contributed by atoms with Crippen LogP contribution in [0, 0.1) is 0 Å². The van der Waals surface area contributed by atoms with Crippen molar-refractivity contribution in [3.8, 4) is 0 Å². The van der Waals surface area contributed by atoms with E-state index in [0.29, 0.717) is 11.3 Å². The summed E-state index contributed by atoms with van der Waals surface area (Å²) in [6.07, 6.45) is 0. The van der Waals surface area contributed by atoms with Crippen molar-refractivity contribution in [3.05, 3.63) is 65.7 Å². The van der Waals surface area contributed by atoms with E-state index in [1.807, 2.05) is 6.07 Å². The summed E-state index contributed by atoms with van der Waals surface area (Å²) in [5, 5.41) is 9.02. The zero-order chi connectivity index (χ0) is 13.7. The maximum atomic E-state index is 12.0. The predicted octanol–water partition coefficient (Wildman–Crippen LogP) is 2.12. The van der Waals surface area contributed by atoms with Crippen LogP contribution in [0.5, 0.6) is 0 Å². The second-order valence-corrected chi connectivity index (χ2v) is 5.93. The molecule has 5 heteroatoms. The van der Waals surface area contributed by atoms with Gasteiger partial charge >= 0.3 is 0 Å². The summed E-state index contributed by atoms with van der Waals surface area (Å²) in [7, 11) is -3.44. The molecule has 0 amide bonds. The van der Waals surface area contributed by atoms with Crippen LogP contribution in [0.2, 0.25) is 0 Å². The molecule has 0 radical (unpaired) electrons. The van der Waals surface area contributed by atoms with Crippen LogP contribution >= 0.6 is 0 Å². The molecular formula is C14H15NO3S. The number of hydrogen-bond acceptors (Lipinski definition) is 3. The molecule has 2 N–H and O–H groups in total. The first-order valence-electron chi connectivity index (χ1n) is 5.83. The number of rotatable bonds is 5. The molecule has 0 saturated heterocycles. The van der Waals surface area contributed by atoms with E-state index in [0.717, 1.165) is 5.56 Å². The standard InChI is InChI=1S/C14H15NO3S/c16-10-13-7-4-8-14(9-13)15-19(17,18)11-12-5-2-1-3-6-12/h1-9,15-16H,10-11H2. The van der Waals surface area contributed by atoms with Gasteiger partial charge in [0.15, 0.2) is 0 Å². The minimum Gasteiger partial charge on any atom is -0.392 e. The van der Waals surface area contributed by atoms with Gasteiger partial charge in [0.25, 0.3) is 0 Å². The van der Waals surface area contributed by atoms with Gasteiger partial charge in [-0.1, -0.05) is 42.5 Å². The Bertz CT molecular complexity index is 639. The average Bonchev–Trinajstić information content (AvgIpc) is 2.39. The molecule has 2 rings (SSSR count). The summed E-state index contributed by atoms with van der Waals surface area (Å²) in [4.78, 5) is 0. The van der Waals surface area contributed by atoms with Crippen molar-refractivity contribution >= 4 is 15.7 Å². The molecule has 100 valence electrons. The molecule has 0 aliphatic rings. The minimum atomic E-state index is -3.44. The third kappa shape index (κ3) is 4.08. The fourth-order valence-corrected chi connectivity index (χ4v) is 2.93. The molecule has 19 heavy (non-hydrogen) atoms. The van der Waals surface area contributed by atoms with Gasteiger partial charge in [-0.2, -0.15) is 0 Å². The Labute approximate surface area is 112 Å². The van der Waals surface area contributed by atoms with Crippen molar-refractivity contribution < 1.29 is 13.5 Å². The van der Waals surface area contributed by atoms with E-state index < -0.39 is 10.0 Å². The van der Waals surface area contributed by atoms with Crippen LogP contribution in [0.15, 0.2) is 54.6 Å². The quantitative estimate of drug-likeness (QED) is 0.879. The van der Waals surface area contributed by atoms with E-state index >= 15 is 0 Å². The lowest BCUT2D eigenvalue weighted by molar-refractivity contribution is 0.282. The Kier molecular flexibility index (Phi) is 4.19. The lowest BCUT2D eigenvalue weighted by Gasteiger charge is -2.09. The monoisotopic (exact) mass is 277 g/mol. The predicted molar refractivity (Wildman–Crippen MR) is 75.1 cm³/mol. The second-order valence-electron chi connectivity index (χ2n) is 4.21. The van der Waals surface area contributed by atoms with Gasteiger partial charge in [0, 0.05) is 5.69 Å². The summed E-state index contributed by atoms with van der Waals surface area (Å²) < 4.78 is 26.5. The van der Waals surface area contributed by atoms with E-state index in [2.05, 4.69) is 4.72 Å². The van der Waals surface area contributed by atoms with Gasteiger partial charge in [0.1, 0.15) is 0 Å². The smallest absolute Gasteiger partial charge is 0.236 e. The Balaban J connectivity index is 2.12. The third-order valence-electron chi connectivity index (χ3n) is 2.58. The fourth-order valence-electron chi connectivity index (χ4n) is 1.74. The van der Waals surface area contributed by atoms with Crippen LogP contribution in [0.4, 0.5) is 5.69 Å². The summed E-state index contributed by atoms with van der Waals surface area (Å²) in [6.45, 7) is -0.117. The molecule has 0 atom stereocenters. The lowest BCUT2D eigenvalue weighted by Crippen LogP contribution is -2.15. The number of sulfonamides is 1. The molecule has 0 fully saturated rings. The minimum absolute atomic E-state index is 0.0722. The Morgan fingerprint density at radius 2 is 1.63 bits per heavy atom. The van der Waals surface area contributed by atoms with Crippen LogP contribution in [0.25, 0.3) is 0 Å². The van der Waals surface area contributed by atoms with Gasteiger partial charge in [-0.25, -0.2) is 8.42 Å². The van der Waals surface area contributed by atoms with Gasteiger partial charge in [0.05, 0.1) is 12.4 Å². The van der Waals surface area contributed by atoms with E-state index in [1.165, 1.54) is 0 Å². The van der Waals surface area contributed by atoms with Crippen molar-refractivity contribution in [2.75, 3.05) is 4.72 Å². The molecule has 4 nitrogen and oxygen atoms in total. The maximum absolute atomic E-state index is 12.0. The molecule has 0 heterocycles.